The van der Waals surface area contributed by atoms with Crippen molar-refractivity contribution in [2.75, 3.05) is 39.8 Å². The predicted molar refractivity (Wildman–Crippen MR) is 76.3 cm³/mol. The van der Waals surface area contributed by atoms with Crippen LogP contribution in [-0.4, -0.2) is 56.7 Å². The maximum absolute atomic E-state index is 11.8. The van der Waals surface area contributed by atoms with E-state index in [0.29, 0.717) is 13.1 Å². The number of nitrogens with zero attached hydrogens (tertiary/aromatic N) is 1. The molecule has 0 aromatic carbocycles. The van der Waals surface area contributed by atoms with E-state index in [1.54, 1.807) is 11.3 Å². The lowest BCUT2D eigenvalue weighted by Gasteiger charge is -2.27. The smallest absolute Gasteiger partial charge is 0.234 e. The minimum atomic E-state index is 0.0552. The third kappa shape index (κ3) is 5.28. The number of hydrogen-bond acceptors (Lipinski definition) is 5. The molecule has 1 amide bonds. The van der Waals surface area contributed by atoms with Gasteiger partial charge in [0.1, 0.15) is 0 Å². The summed E-state index contributed by atoms with van der Waals surface area (Å²) in [5.74, 6) is 0.0552. The van der Waals surface area contributed by atoms with Gasteiger partial charge < -0.3 is 15.4 Å². The number of thiophene rings is 1. The van der Waals surface area contributed by atoms with Crippen LogP contribution < -0.4 is 10.6 Å². The molecule has 0 spiro atoms. The summed E-state index contributed by atoms with van der Waals surface area (Å²) in [5.41, 5.74) is 0. The zero-order valence-corrected chi connectivity index (χ0v) is 12.0. The Kier molecular flexibility index (Phi) is 5.78. The lowest BCUT2D eigenvalue weighted by molar-refractivity contribution is -0.122. The number of ether oxygens (including phenoxy) is 1. The molecule has 5 nitrogen and oxygen atoms in total. The quantitative estimate of drug-likeness (QED) is 0.788. The molecule has 1 aliphatic rings. The minimum absolute atomic E-state index is 0.0552. The molecule has 106 valence electrons. The second-order valence-electron chi connectivity index (χ2n) is 4.75. The minimum Gasteiger partial charge on any atom is -0.374 e. The van der Waals surface area contributed by atoms with Crippen molar-refractivity contribution in [2.24, 2.45) is 0 Å². The monoisotopic (exact) mass is 283 g/mol. The Labute approximate surface area is 117 Å². The Bertz CT molecular complexity index is 377. The van der Waals surface area contributed by atoms with Gasteiger partial charge in [-0.15, -0.1) is 11.3 Å². The van der Waals surface area contributed by atoms with E-state index in [1.165, 1.54) is 4.88 Å². The number of nitrogens with one attached hydrogen (secondary N) is 2. The third-order valence-electron chi connectivity index (χ3n) is 2.97. The normalized spacial score (nSPS) is 19.6. The molecule has 1 aliphatic heterocycles. The molecule has 1 saturated heterocycles. The molecule has 1 fully saturated rings. The number of amides is 1. The van der Waals surface area contributed by atoms with Gasteiger partial charge in [0, 0.05) is 24.5 Å². The van der Waals surface area contributed by atoms with Crippen LogP contribution in [0.15, 0.2) is 17.5 Å². The van der Waals surface area contributed by atoms with Crippen LogP contribution in [0.1, 0.15) is 4.88 Å². The zero-order chi connectivity index (χ0) is 13.5. The summed E-state index contributed by atoms with van der Waals surface area (Å²) in [5, 5.41) is 8.23. The van der Waals surface area contributed by atoms with Crippen molar-refractivity contribution in [1.82, 2.24) is 15.5 Å². The fourth-order valence-electron chi connectivity index (χ4n) is 2.05. The Balaban J connectivity index is 1.63. The van der Waals surface area contributed by atoms with Gasteiger partial charge >= 0.3 is 0 Å². The van der Waals surface area contributed by atoms with Crippen LogP contribution in [0.2, 0.25) is 0 Å². The number of likely N-dealkylation sites (N-methyl/N-ethyl adjacent to an activating group) is 1. The highest BCUT2D eigenvalue weighted by Gasteiger charge is 2.16. The lowest BCUT2D eigenvalue weighted by Crippen LogP contribution is -2.46. The summed E-state index contributed by atoms with van der Waals surface area (Å²) in [6.45, 7) is 4.34. The Morgan fingerprint density at radius 3 is 3.26 bits per heavy atom. The Morgan fingerprint density at radius 2 is 2.58 bits per heavy atom. The fourth-order valence-corrected chi connectivity index (χ4v) is 2.69. The highest BCUT2D eigenvalue weighted by atomic mass is 32.1. The van der Waals surface area contributed by atoms with Crippen LogP contribution in [-0.2, 0) is 16.1 Å². The average Bonchev–Trinajstić information content (AvgIpc) is 2.90. The molecule has 0 bridgehead atoms. The van der Waals surface area contributed by atoms with Crippen LogP contribution in [0.3, 0.4) is 0 Å². The van der Waals surface area contributed by atoms with E-state index in [-0.39, 0.29) is 12.0 Å². The van der Waals surface area contributed by atoms with Crippen LogP contribution in [0, 0.1) is 0 Å². The molecular weight excluding hydrogens is 262 g/mol. The van der Waals surface area contributed by atoms with Gasteiger partial charge in [-0.1, -0.05) is 6.07 Å². The van der Waals surface area contributed by atoms with Crippen LogP contribution >= 0.6 is 11.3 Å². The SMILES string of the molecule is CN(CC(=O)NCc1cccs1)CC1CNCCO1. The summed E-state index contributed by atoms with van der Waals surface area (Å²) in [6.07, 6.45) is 0.184. The van der Waals surface area contributed by atoms with Crippen LogP contribution in [0.4, 0.5) is 0 Å². The molecule has 1 aromatic rings. The number of morpholine rings is 1. The molecule has 19 heavy (non-hydrogen) atoms. The van der Waals surface area contributed by atoms with E-state index >= 15 is 0 Å². The second-order valence-corrected chi connectivity index (χ2v) is 5.78. The van der Waals surface area contributed by atoms with E-state index < -0.39 is 0 Å². The van der Waals surface area contributed by atoms with E-state index in [4.69, 9.17) is 4.74 Å². The zero-order valence-electron chi connectivity index (χ0n) is 11.2. The first-order chi connectivity index (χ1) is 9.24. The van der Waals surface area contributed by atoms with Crippen molar-refractivity contribution in [2.45, 2.75) is 12.6 Å². The summed E-state index contributed by atoms with van der Waals surface area (Å²) in [7, 11) is 1.95. The Morgan fingerprint density at radius 1 is 1.68 bits per heavy atom. The number of hydrogen-bond donors (Lipinski definition) is 2. The van der Waals surface area contributed by atoms with Gasteiger partial charge in [0.25, 0.3) is 0 Å². The van der Waals surface area contributed by atoms with Gasteiger partial charge in [0.2, 0.25) is 5.91 Å². The molecule has 2 N–H and O–H groups in total. The first-order valence-electron chi connectivity index (χ1n) is 6.54. The van der Waals surface area contributed by atoms with Crippen molar-refractivity contribution in [1.29, 1.82) is 0 Å². The van der Waals surface area contributed by atoms with E-state index in [9.17, 15) is 4.79 Å². The predicted octanol–water partition coefficient (Wildman–Crippen LogP) is 0.284. The maximum atomic E-state index is 11.8. The highest BCUT2D eigenvalue weighted by Crippen LogP contribution is 2.07. The molecule has 1 aromatic heterocycles. The maximum Gasteiger partial charge on any atom is 0.234 e. The second kappa shape index (κ2) is 7.59. The van der Waals surface area contributed by atoms with Crippen molar-refractivity contribution in [3.8, 4) is 0 Å². The van der Waals surface area contributed by atoms with Crippen LogP contribution in [0.5, 0.6) is 0 Å². The number of carbonyl (C=O) groups excluding carboxylic acids is 1. The summed E-state index contributed by atoms with van der Waals surface area (Å²) in [6, 6.07) is 4.02. The number of rotatable bonds is 6. The molecule has 2 heterocycles. The van der Waals surface area contributed by atoms with E-state index in [2.05, 4.69) is 10.6 Å². The molecule has 1 atom stereocenters. The first-order valence-corrected chi connectivity index (χ1v) is 7.42. The largest absolute Gasteiger partial charge is 0.374 e. The molecule has 6 heteroatoms. The van der Waals surface area contributed by atoms with Gasteiger partial charge in [0.15, 0.2) is 0 Å². The molecular formula is C13H21N3O2S. The van der Waals surface area contributed by atoms with Crippen LogP contribution in [0.25, 0.3) is 0 Å². The highest BCUT2D eigenvalue weighted by molar-refractivity contribution is 7.09. The molecule has 1 unspecified atom stereocenters. The third-order valence-corrected chi connectivity index (χ3v) is 3.85. The topological polar surface area (TPSA) is 53.6 Å². The van der Waals surface area contributed by atoms with Crippen molar-refractivity contribution < 1.29 is 9.53 Å². The number of carbonyl (C=O) groups is 1. The summed E-state index contributed by atoms with van der Waals surface area (Å²) >= 11 is 1.66. The fraction of sp³-hybridized carbons (Fsp3) is 0.615. The van der Waals surface area contributed by atoms with Gasteiger partial charge in [0.05, 0.1) is 25.8 Å². The lowest BCUT2D eigenvalue weighted by atomic mass is 10.3. The summed E-state index contributed by atoms with van der Waals surface area (Å²) in [4.78, 5) is 15.0. The van der Waals surface area contributed by atoms with Gasteiger partial charge in [-0.25, -0.2) is 0 Å². The molecule has 0 saturated carbocycles. The Hall–Kier alpha value is -0.950. The van der Waals surface area contributed by atoms with Crippen molar-refractivity contribution in [3.05, 3.63) is 22.4 Å². The van der Waals surface area contributed by atoms with E-state index in [1.807, 2.05) is 29.5 Å². The standard InChI is InChI=1S/C13H21N3O2S/c1-16(9-11-7-14-4-5-18-11)10-13(17)15-8-12-3-2-6-19-12/h2-3,6,11,14H,4-5,7-10H2,1H3,(H,15,17). The van der Waals surface area contributed by atoms with Gasteiger partial charge in [-0.3, -0.25) is 9.69 Å². The molecule has 2 rings (SSSR count). The van der Waals surface area contributed by atoms with E-state index in [0.717, 1.165) is 26.2 Å². The first kappa shape index (κ1) is 14.5. The van der Waals surface area contributed by atoms with Crippen molar-refractivity contribution >= 4 is 17.2 Å². The summed E-state index contributed by atoms with van der Waals surface area (Å²) < 4.78 is 5.61. The molecule has 0 radical (unpaired) electrons. The van der Waals surface area contributed by atoms with Crippen molar-refractivity contribution in [3.63, 3.8) is 0 Å². The average molecular weight is 283 g/mol. The molecule has 0 aliphatic carbocycles. The van der Waals surface area contributed by atoms with Gasteiger partial charge in [-0.05, 0) is 18.5 Å². The van der Waals surface area contributed by atoms with Gasteiger partial charge in [-0.2, -0.15) is 0 Å².